The van der Waals surface area contributed by atoms with Gasteiger partial charge in [-0.05, 0) is 44.4 Å². The van der Waals surface area contributed by atoms with Crippen LogP contribution in [0.4, 0.5) is 4.39 Å². The zero-order valence-electron chi connectivity index (χ0n) is 15.6. The molecule has 1 atom stereocenters. The molecule has 0 aliphatic heterocycles. The molecule has 0 radical (unpaired) electrons. The van der Waals surface area contributed by atoms with E-state index in [1.54, 1.807) is 6.92 Å². The highest BCUT2D eigenvalue weighted by atomic mass is 19.1. The molecule has 1 aromatic rings. The summed E-state index contributed by atoms with van der Waals surface area (Å²) < 4.78 is 18.3. The van der Waals surface area contributed by atoms with Gasteiger partial charge in [0.15, 0.2) is 0 Å². The number of ether oxygens (including phenoxy) is 1. The number of allylic oxidation sites excluding steroid dienone is 1. The van der Waals surface area contributed by atoms with Gasteiger partial charge in [0.25, 0.3) is 5.91 Å². The van der Waals surface area contributed by atoms with Crippen molar-refractivity contribution in [1.82, 2.24) is 5.32 Å². The molecule has 0 heterocycles. The fourth-order valence-corrected chi connectivity index (χ4v) is 2.54. The van der Waals surface area contributed by atoms with Gasteiger partial charge in [-0.2, -0.15) is 0 Å². The minimum atomic E-state index is -0.768. The lowest BCUT2D eigenvalue weighted by atomic mass is 10.1. The molecule has 0 spiro atoms. The first-order chi connectivity index (χ1) is 12.5. The largest absolute Gasteiger partial charge is 0.464 e. The van der Waals surface area contributed by atoms with E-state index in [2.05, 4.69) is 11.9 Å². The third kappa shape index (κ3) is 9.35. The molecule has 0 aromatic heterocycles. The van der Waals surface area contributed by atoms with Crippen molar-refractivity contribution in [3.8, 4) is 0 Å². The summed E-state index contributed by atoms with van der Waals surface area (Å²) in [5.74, 6) is -1.46. The predicted octanol–water partition coefficient (Wildman–Crippen LogP) is 4.79. The van der Waals surface area contributed by atoms with Gasteiger partial charge in [0.1, 0.15) is 11.9 Å². The summed E-state index contributed by atoms with van der Waals surface area (Å²) >= 11 is 0. The van der Waals surface area contributed by atoms with Gasteiger partial charge in [-0.3, -0.25) is 4.79 Å². The molecule has 4 nitrogen and oxygen atoms in total. The number of benzene rings is 1. The fraction of sp³-hybridized carbons (Fsp3) is 0.524. The van der Waals surface area contributed by atoms with Crippen molar-refractivity contribution in [2.24, 2.45) is 0 Å². The first-order valence-corrected chi connectivity index (χ1v) is 9.38. The Bertz CT molecular complexity index is 574. The van der Waals surface area contributed by atoms with Crippen LogP contribution in [0.2, 0.25) is 0 Å². The maximum Gasteiger partial charge on any atom is 0.328 e. The van der Waals surface area contributed by atoms with Crippen molar-refractivity contribution in [2.45, 2.75) is 64.3 Å². The van der Waals surface area contributed by atoms with Gasteiger partial charge in [-0.25, -0.2) is 9.18 Å². The average molecular weight is 363 g/mol. The topological polar surface area (TPSA) is 55.4 Å². The summed E-state index contributed by atoms with van der Waals surface area (Å²) in [5.41, 5.74) is 0.178. The molecule has 0 aliphatic rings. The highest BCUT2D eigenvalue weighted by molar-refractivity contribution is 5.96. The first kappa shape index (κ1) is 21.9. The maximum absolute atomic E-state index is 13.1. The van der Waals surface area contributed by atoms with Crippen molar-refractivity contribution in [1.29, 1.82) is 0 Å². The summed E-state index contributed by atoms with van der Waals surface area (Å²) in [4.78, 5) is 23.9. The van der Waals surface area contributed by atoms with Crippen LogP contribution >= 0.6 is 0 Å². The summed E-state index contributed by atoms with van der Waals surface area (Å²) in [6.07, 6.45) is 10.9. The van der Waals surface area contributed by atoms with Gasteiger partial charge in [-0.1, -0.05) is 44.2 Å². The van der Waals surface area contributed by atoms with E-state index in [0.29, 0.717) is 6.61 Å². The second-order valence-electron chi connectivity index (χ2n) is 6.43. The average Bonchev–Trinajstić information content (AvgIpc) is 2.63. The molecule has 1 amide bonds. The van der Waals surface area contributed by atoms with Gasteiger partial charge in [0.05, 0.1) is 6.61 Å². The molecule has 0 fully saturated rings. The number of carbonyl (C=O) groups is 2. The Morgan fingerprint density at radius 2 is 1.81 bits per heavy atom. The molecule has 0 saturated heterocycles. The molecular formula is C21H30FNO3. The lowest BCUT2D eigenvalue weighted by Crippen LogP contribution is -2.39. The van der Waals surface area contributed by atoms with Crippen LogP contribution in [0.15, 0.2) is 36.9 Å². The molecule has 26 heavy (non-hydrogen) atoms. The van der Waals surface area contributed by atoms with Gasteiger partial charge in [0.2, 0.25) is 0 Å². The number of nitrogens with one attached hydrogen (secondary N) is 1. The third-order valence-electron chi connectivity index (χ3n) is 4.08. The van der Waals surface area contributed by atoms with E-state index in [4.69, 9.17) is 4.74 Å². The van der Waals surface area contributed by atoms with E-state index in [1.807, 2.05) is 6.08 Å². The van der Waals surface area contributed by atoms with Crippen molar-refractivity contribution in [2.75, 3.05) is 6.61 Å². The van der Waals surface area contributed by atoms with Crippen LogP contribution in [0, 0.1) is 5.82 Å². The Balaban J connectivity index is 2.11. The van der Waals surface area contributed by atoms with Gasteiger partial charge in [-0.15, -0.1) is 6.58 Å². The standard InChI is InChI=1S/C21H30FNO3/c1-3-4-5-6-7-8-9-10-11-15-26-21(25)17(2)23-20(24)18-13-12-14-19(22)16-18/h3,12-14,16-17H,1,4-11,15H2,2H3,(H,23,24)/t17-/m0/s1. The van der Waals surface area contributed by atoms with Crippen molar-refractivity contribution in [3.63, 3.8) is 0 Å². The minimum absolute atomic E-state index is 0.178. The number of rotatable bonds is 13. The van der Waals surface area contributed by atoms with Crippen LogP contribution in [0.25, 0.3) is 0 Å². The number of unbranched alkanes of at least 4 members (excludes halogenated alkanes) is 7. The zero-order valence-corrected chi connectivity index (χ0v) is 15.6. The Hall–Kier alpha value is -2.17. The number of hydrogen-bond donors (Lipinski definition) is 1. The van der Waals surface area contributed by atoms with Crippen LogP contribution in [-0.2, 0) is 9.53 Å². The highest BCUT2D eigenvalue weighted by Crippen LogP contribution is 2.09. The van der Waals surface area contributed by atoms with Gasteiger partial charge in [0, 0.05) is 5.56 Å². The number of esters is 1. The summed E-state index contributed by atoms with van der Waals surface area (Å²) in [6.45, 7) is 5.62. The van der Waals surface area contributed by atoms with Gasteiger partial charge >= 0.3 is 5.97 Å². The second-order valence-corrected chi connectivity index (χ2v) is 6.43. The van der Waals surface area contributed by atoms with Crippen LogP contribution in [0.3, 0.4) is 0 Å². The lowest BCUT2D eigenvalue weighted by Gasteiger charge is -2.13. The van der Waals surface area contributed by atoms with Crippen molar-refractivity contribution in [3.05, 3.63) is 48.3 Å². The molecular weight excluding hydrogens is 333 g/mol. The molecule has 0 saturated carbocycles. The van der Waals surface area contributed by atoms with Crippen molar-refractivity contribution >= 4 is 11.9 Å². The molecule has 5 heteroatoms. The molecule has 0 aliphatic carbocycles. The van der Waals surface area contributed by atoms with E-state index >= 15 is 0 Å². The Morgan fingerprint density at radius 3 is 2.46 bits per heavy atom. The van der Waals surface area contributed by atoms with Crippen LogP contribution in [0.1, 0.15) is 68.6 Å². The molecule has 1 rings (SSSR count). The SMILES string of the molecule is C=CCCCCCCCCCOC(=O)[C@H](C)NC(=O)c1cccc(F)c1. The molecule has 0 unspecified atom stereocenters. The Morgan fingerprint density at radius 1 is 1.15 bits per heavy atom. The molecule has 1 aromatic carbocycles. The summed E-state index contributed by atoms with van der Waals surface area (Å²) in [5, 5.41) is 2.52. The number of halogens is 1. The van der Waals surface area contributed by atoms with Crippen LogP contribution in [0.5, 0.6) is 0 Å². The van der Waals surface area contributed by atoms with E-state index in [1.165, 1.54) is 43.9 Å². The smallest absolute Gasteiger partial charge is 0.328 e. The predicted molar refractivity (Wildman–Crippen MR) is 101 cm³/mol. The quantitative estimate of drug-likeness (QED) is 0.311. The first-order valence-electron chi connectivity index (χ1n) is 9.38. The van der Waals surface area contributed by atoms with Crippen molar-refractivity contribution < 1.29 is 18.7 Å². The monoisotopic (exact) mass is 363 g/mol. The third-order valence-corrected chi connectivity index (χ3v) is 4.08. The van der Waals surface area contributed by atoms with Crippen LogP contribution < -0.4 is 5.32 Å². The maximum atomic E-state index is 13.1. The zero-order chi connectivity index (χ0) is 19.2. The summed E-state index contributed by atoms with van der Waals surface area (Å²) in [7, 11) is 0. The second kappa shape index (κ2) is 13.1. The van der Waals surface area contributed by atoms with E-state index in [9.17, 15) is 14.0 Å². The lowest BCUT2D eigenvalue weighted by molar-refractivity contribution is -0.145. The number of amides is 1. The molecule has 0 bridgehead atoms. The minimum Gasteiger partial charge on any atom is -0.464 e. The number of carbonyl (C=O) groups excluding carboxylic acids is 2. The highest BCUT2D eigenvalue weighted by Gasteiger charge is 2.18. The van der Waals surface area contributed by atoms with Crippen LogP contribution in [-0.4, -0.2) is 24.5 Å². The number of hydrogen-bond acceptors (Lipinski definition) is 3. The van der Waals surface area contributed by atoms with E-state index < -0.39 is 23.7 Å². The molecule has 1 N–H and O–H groups in total. The summed E-state index contributed by atoms with van der Waals surface area (Å²) in [6, 6.07) is 4.57. The Labute approximate surface area is 155 Å². The normalized spacial score (nSPS) is 11.6. The van der Waals surface area contributed by atoms with Gasteiger partial charge < -0.3 is 10.1 Å². The van der Waals surface area contributed by atoms with E-state index in [-0.39, 0.29) is 5.56 Å². The molecule has 144 valence electrons. The fourth-order valence-electron chi connectivity index (χ4n) is 2.54. The Kier molecular flexibility index (Phi) is 11.0. The van der Waals surface area contributed by atoms with E-state index in [0.717, 1.165) is 31.7 Å².